The van der Waals surface area contributed by atoms with E-state index in [4.69, 9.17) is 10.2 Å². The van der Waals surface area contributed by atoms with E-state index in [0.29, 0.717) is 0 Å². The van der Waals surface area contributed by atoms with Crippen molar-refractivity contribution in [2.75, 3.05) is 0 Å². The molecule has 0 aliphatic heterocycles. The van der Waals surface area contributed by atoms with Crippen LogP contribution in [-0.4, -0.2) is 10.2 Å². The number of aliphatic hydroxyl groups excluding tert-OH is 2. The van der Waals surface area contributed by atoms with Crippen LogP contribution < -0.4 is 0 Å². The maximum absolute atomic E-state index is 8.54. The Morgan fingerprint density at radius 2 is 0.645 bits per heavy atom. The van der Waals surface area contributed by atoms with Crippen molar-refractivity contribution in [2.24, 2.45) is 0 Å². The number of hydrogen-bond donors (Lipinski definition) is 2. The van der Waals surface area contributed by atoms with Crippen molar-refractivity contribution in [2.45, 2.75) is 13.2 Å². The van der Waals surface area contributed by atoms with E-state index in [-0.39, 0.29) is 39.1 Å². The molecule has 2 N–H and O–H groups in total. The summed E-state index contributed by atoms with van der Waals surface area (Å²) in [5.74, 6) is 0. The summed E-state index contributed by atoms with van der Waals surface area (Å²) in [6, 6.07) is 38.8. The molecular formula is C28H30HfO2-2. The second-order valence-corrected chi connectivity index (χ2v) is 6.26. The van der Waals surface area contributed by atoms with Gasteiger partial charge in [0.15, 0.2) is 0 Å². The topological polar surface area (TPSA) is 40.5 Å². The first-order chi connectivity index (χ1) is 14.7. The first-order valence-corrected chi connectivity index (χ1v) is 9.69. The fraction of sp³-hybridized carbons (Fsp3) is 0.0714. The van der Waals surface area contributed by atoms with Gasteiger partial charge in [0.2, 0.25) is 0 Å². The molecule has 0 saturated heterocycles. The standard InChI is InChI=1S/2C7H8O.2C7H7.Hf/c2*8-6-7-4-2-1-3-5-7;2*1-7-5-3-2-4-6-7;/h2*1-5,8H,6H2;2*2-6H,1H2;/q;;2*-1;. The Labute approximate surface area is 206 Å². The Kier molecular flexibility index (Phi) is 17.8. The van der Waals surface area contributed by atoms with Crippen LogP contribution in [0.1, 0.15) is 22.3 Å². The molecule has 0 unspecified atom stereocenters. The Morgan fingerprint density at radius 3 is 0.774 bits per heavy atom. The predicted molar refractivity (Wildman–Crippen MR) is 127 cm³/mol. The maximum Gasteiger partial charge on any atom is 0.0681 e. The summed E-state index contributed by atoms with van der Waals surface area (Å²) in [5.41, 5.74) is 4.07. The van der Waals surface area contributed by atoms with Crippen LogP contribution in [0.2, 0.25) is 0 Å². The van der Waals surface area contributed by atoms with Gasteiger partial charge in [-0.1, -0.05) is 72.8 Å². The van der Waals surface area contributed by atoms with Crippen LogP contribution >= 0.6 is 0 Å². The van der Waals surface area contributed by atoms with Crippen molar-refractivity contribution in [3.63, 3.8) is 0 Å². The second-order valence-electron chi connectivity index (χ2n) is 6.26. The van der Waals surface area contributed by atoms with E-state index in [1.807, 2.05) is 121 Å². The molecule has 0 aromatic heterocycles. The average Bonchev–Trinajstić information content (AvgIpc) is 2.82. The third-order valence-electron chi connectivity index (χ3n) is 3.74. The monoisotopic (exact) mass is 578 g/mol. The van der Waals surface area contributed by atoms with Crippen molar-refractivity contribution in [1.82, 2.24) is 0 Å². The molecule has 0 spiro atoms. The minimum Gasteiger partial charge on any atom is -0.392 e. The summed E-state index contributed by atoms with van der Waals surface area (Å²) in [7, 11) is 0. The first-order valence-electron chi connectivity index (χ1n) is 9.69. The van der Waals surface area contributed by atoms with E-state index in [2.05, 4.69) is 13.8 Å². The largest absolute Gasteiger partial charge is 0.392 e. The van der Waals surface area contributed by atoms with Gasteiger partial charge in [-0.25, -0.2) is 0 Å². The Bertz CT molecular complexity index is 791. The van der Waals surface area contributed by atoms with Crippen LogP contribution in [0.15, 0.2) is 121 Å². The summed E-state index contributed by atoms with van der Waals surface area (Å²) >= 11 is 0. The molecule has 31 heavy (non-hydrogen) atoms. The molecule has 160 valence electrons. The second kappa shape index (κ2) is 19.4. The summed E-state index contributed by atoms with van der Waals surface area (Å²) in [6.45, 7) is 7.72. The van der Waals surface area contributed by atoms with E-state index in [1.54, 1.807) is 0 Å². The molecule has 0 fully saturated rings. The van der Waals surface area contributed by atoms with Crippen LogP contribution in [0.4, 0.5) is 0 Å². The van der Waals surface area contributed by atoms with Gasteiger partial charge >= 0.3 is 0 Å². The zero-order valence-corrected chi connectivity index (χ0v) is 21.4. The van der Waals surface area contributed by atoms with Crippen molar-refractivity contribution in [1.29, 1.82) is 0 Å². The van der Waals surface area contributed by atoms with Gasteiger partial charge in [0.05, 0.1) is 13.2 Å². The molecular weight excluding hydrogens is 547 g/mol. The van der Waals surface area contributed by atoms with E-state index in [1.165, 1.54) is 0 Å². The van der Waals surface area contributed by atoms with Crippen molar-refractivity contribution >= 4 is 0 Å². The fourth-order valence-electron chi connectivity index (χ4n) is 2.12. The van der Waals surface area contributed by atoms with Gasteiger partial charge in [-0.3, -0.25) is 0 Å². The molecule has 0 radical (unpaired) electrons. The van der Waals surface area contributed by atoms with Crippen LogP contribution in [0.5, 0.6) is 0 Å². The third kappa shape index (κ3) is 15.9. The number of hydrogen-bond acceptors (Lipinski definition) is 2. The Balaban J connectivity index is 0.000000384. The number of rotatable bonds is 2. The van der Waals surface area contributed by atoms with Gasteiger partial charge in [-0.2, -0.15) is 49.2 Å². The molecule has 3 heteroatoms. The van der Waals surface area contributed by atoms with Gasteiger partial charge < -0.3 is 10.2 Å². The SMILES string of the molecule is OCc1ccccc1.OCc1ccccc1.[CH2-]c1ccccc1.[CH2-]c1ccccc1.[Hf]. The Morgan fingerprint density at radius 1 is 0.419 bits per heavy atom. The zero-order chi connectivity index (χ0) is 21.9. The summed E-state index contributed by atoms with van der Waals surface area (Å²) in [4.78, 5) is 0. The van der Waals surface area contributed by atoms with Crippen molar-refractivity contribution in [3.8, 4) is 0 Å². The molecule has 0 aliphatic carbocycles. The van der Waals surface area contributed by atoms with Crippen LogP contribution in [0.3, 0.4) is 0 Å². The number of aliphatic hydroxyl groups is 2. The molecule has 4 aromatic carbocycles. The van der Waals surface area contributed by atoms with Crippen molar-refractivity contribution < 1.29 is 36.1 Å². The molecule has 4 aromatic rings. The molecule has 0 amide bonds. The van der Waals surface area contributed by atoms with Gasteiger partial charge in [0, 0.05) is 25.8 Å². The molecule has 0 aliphatic rings. The molecule has 0 bridgehead atoms. The predicted octanol–water partition coefficient (Wildman–Crippen LogP) is 6.09. The summed E-state index contributed by atoms with van der Waals surface area (Å²) in [6.07, 6.45) is 0. The van der Waals surface area contributed by atoms with E-state index in [9.17, 15) is 0 Å². The molecule has 4 rings (SSSR count). The fourth-order valence-corrected chi connectivity index (χ4v) is 2.12. The molecule has 2 nitrogen and oxygen atoms in total. The van der Waals surface area contributed by atoms with E-state index in [0.717, 1.165) is 22.3 Å². The first kappa shape index (κ1) is 28.4. The van der Waals surface area contributed by atoms with E-state index < -0.39 is 0 Å². The van der Waals surface area contributed by atoms with Gasteiger partial charge in [-0.05, 0) is 11.1 Å². The molecule has 0 heterocycles. The average molecular weight is 577 g/mol. The van der Waals surface area contributed by atoms with Crippen LogP contribution in [0, 0.1) is 13.8 Å². The van der Waals surface area contributed by atoms with Gasteiger partial charge in [0.1, 0.15) is 0 Å². The zero-order valence-electron chi connectivity index (χ0n) is 17.8. The third-order valence-corrected chi connectivity index (χ3v) is 3.74. The quantitative estimate of drug-likeness (QED) is 0.224. The molecule has 0 saturated carbocycles. The molecule has 0 atom stereocenters. The van der Waals surface area contributed by atoms with Gasteiger partial charge in [0.25, 0.3) is 0 Å². The minimum absolute atomic E-state index is 0. The smallest absolute Gasteiger partial charge is 0.0681 e. The van der Waals surface area contributed by atoms with E-state index >= 15 is 0 Å². The summed E-state index contributed by atoms with van der Waals surface area (Å²) in [5, 5.41) is 17.1. The number of benzene rings is 4. The van der Waals surface area contributed by atoms with Crippen LogP contribution in [0.25, 0.3) is 0 Å². The van der Waals surface area contributed by atoms with Crippen LogP contribution in [-0.2, 0) is 39.1 Å². The Hall–Kier alpha value is -2.59. The van der Waals surface area contributed by atoms with Gasteiger partial charge in [-0.15, -0.1) is 24.3 Å². The minimum atomic E-state index is 0. The normalized spacial score (nSPS) is 8.58. The van der Waals surface area contributed by atoms with Crippen molar-refractivity contribution in [3.05, 3.63) is 157 Å². The maximum atomic E-state index is 8.54. The summed E-state index contributed by atoms with van der Waals surface area (Å²) < 4.78 is 0.